The zero-order valence-corrected chi connectivity index (χ0v) is 23.5. The van der Waals surface area contributed by atoms with Crippen molar-refractivity contribution in [1.82, 2.24) is 29.7 Å². The summed E-state index contributed by atoms with van der Waals surface area (Å²) in [6, 6.07) is 3.91. The molecule has 0 atom stereocenters. The largest absolute Gasteiger partial charge is 0.444 e. The molecule has 1 aliphatic carbocycles. The molecule has 11 heteroatoms. The topological polar surface area (TPSA) is 120 Å². The Hall–Kier alpha value is -3.89. The highest BCUT2D eigenvalue weighted by Gasteiger charge is 2.29. The minimum absolute atomic E-state index is 0.0476. The Morgan fingerprint density at radius 1 is 1.05 bits per heavy atom. The zero-order chi connectivity index (χ0) is 27.7. The zero-order valence-electron chi connectivity index (χ0n) is 23.5. The lowest BCUT2D eigenvalue weighted by Crippen LogP contribution is -2.50. The fraction of sp³-hybridized carbons (Fsp3) is 0.536. The van der Waals surface area contributed by atoms with E-state index in [2.05, 4.69) is 25.2 Å². The van der Waals surface area contributed by atoms with Crippen LogP contribution in [0.3, 0.4) is 0 Å². The number of carbonyl (C=O) groups excluding carboxylic acids is 2. The van der Waals surface area contributed by atoms with Gasteiger partial charge in [-0.2, -0.15) is 0 Å². The number of hydrogen-bond donors (Lipinski definition) is 2. The third-order valence-corrected chi connectivity index (χ3v) is 7.24. The van der Waals surface area contributed by atoms with Crippen LogP contribution in [0, 0.1) is 0 Å². The quantitative estimate of drug-likeness (QED) is 0.491. The van der Waals surface area contributed by atoms with Crippen molar-refractivity contribution >= 4 is 40.5 Å². The first-order valence-corrected chi connectivity index (χ1v) is 13.7. The van der Waals surface area contributed by atoms with E-state index < -0.39 is 5.60 Å². The van der Waals surface area contributed by atoms with Gasteiger partial charge in [-0.3, -0.25) is 4.79 Å². The molecule has 11 nitrogen and oxygen atoms in total. The second-order valence-corrected chi connectivity index (χ2v) is 11.5. The van der Waals surface area contributed by atoms with Gasteiger partial charge in [-0.1, -0.05) is 12.8 Å². The minimum Gasteiger partial charge on any atom is -0.444 e. The monoisotopic (exact) mass is 534 g/mol. The standard InChI is InChI=1S/C28H38N8O3/c1-28(2,3)39-27(38)36-14-12-35(13-15-36)19-10-11-21(29-16-19)32-26-30-17-20-23(33-26)22(18-8-6-7-9-18)24(31-20)25(37)34(4)5/h10-11,16-18,31H,6-9,12-15H2,1-5H3,(H,29,30,32,33). The Bertz CT molecular complexity index is 1330. The summed E-state index contributed by atoms with van der Waals surface area (Å²) >= 11 is 0. The first-order chi connectivity index (χ1) is 18.6. The molecule has 0 spiro atoms. The maximum atomic E-state index is 12.9. The first kappa shape index (κ1) is 26.7. The molecule has 39 heavy (non-hydrogen) atoms. The average molecular weight is 535 g/mol. The normalized spacial score (nSPS) is 16.5. The summed E-state index contributed by atoms with van der Waals surface area (Å²) in [4.78, 5) is 48.0. The second-order valence-electron chi connectivity index (χ2n) is 11.5. The molecule has 2 N–H and O–H groups in total. The molecule has 2 aliphatic rings. The van der Waals surface area contributed by atoms with Crippen LogP contribution >= 0.6 is 0 Å². The molecular formula is C28H38N8O3. The summed E-state index contributed by atoms with van der Waals surface area (Å²) in [6.45, 7) is 8.24. The summed E-state index contributed by atoms with van der Waals surface area (Å²) < 4.78 is 5.49. The van der Waals surface area contributed by atoms with Gasteiger partial charge in [-0.25, -0.2) is 19.7 Å². The highest BCUT2D eigenvalue weighted by atomic mass is 16.6. The fourth-order valence-corrected chi connectivity index (χ4v) is 5.30. The Labute approximate surface area is 228 Å². The molecule has 208 valence electrons. The van der Waals surface area contributed by atoms with E-state index in [1.165, 1.54) is 0 Å². The Morgan fingerprint density at radius 3 is 2.38 bits per heavy atom. The predicted molar refractivity (Wildman–Crippen MR) is 151 cm³/mol. The minimum atomic E-state index is -0.500. The number of aromatic nitrogens is 4. The molecular weight excluding hydrogens is 496 g/mol. The van der Waals surface area contributed by atoms with Crippen molar-refractivity contribution in [3.8, 4) is 0 Å². The lowest BCUT2D eigenvalue weighted by atomic mass is 9.96. The number of ether oxygens (including phenoxy) is 1. The number of carbonyl (C=O) groups is 2. The molecule has 5 rings (SSSR count). The van der Waals surface area contributed by atoms with Crippen molar-refractivity contribution in [3.63, 3.8) is 0 Å². The molecule has 0 aromatic carbocycles. The van der Waals surface area contributed by atoms with Crippen LogP contribution in [0.15, 0.2) is 24.5 Å². The van der Waals surface area contributed by atoms with Crippen LogP contribution in [0.1, 0.15) is 68.4 Å². The van der Waals surface area contributed by atoms with E-state index in [1.807, 2.05) is 39.1 Å². The van der Waals surface area contributed by atoms with Gasteiger partial charge >= 0.3 is 6.09 Å². The van der Waals surface area contributed by atoms with Gasteiger partial charge in [0.1, 0.15) is 17.1 Å². The van der Waals surface area contributed by atoms with Gasteiger partial charge in [-0.15, -0.1) is 0 Å². The summed E-state index contributed by atoms with van der Waals surface area (Å²) in [6.07, 6.45) is 7.72. The number of hydrogen-bond acceptors (Lipinski definition) is 8. The molecule has 0 bridgehead atoms. The summed E-state index contributed by atoms with van der Waals surface area (Å²) in [5.74, 6) is 1.34. The van der Waals surface area contributed by atoms with Gasteiger partial charge in [-0.05, 0) is 51.7 Å². The van der Waals surface area contributed by atoms with Crippen molar-refractivity contribution < 1.29 is 14.3 Å². The van der Waals surface area contributed by atoms with Gasteiger partial charge < -0.3 is 29.7 Å². The maximum absolute atomic E-state index is 12.9. The molecule has 1 saturated carbocycles. The van der Waals surface area contributed by atoms with Crippen LogP contribution in [0.2, 0.25) is 0 Å². The average Bonchev–Trinajstić information content (AvgIpc) is 3.55. The number of fused-ring (bicyclic) bond motifs is 1. The molecule has 1 saturated heterocycles. The summed E-state index contributed by atoms with van der Waals surface area (Å²) in [5.41, 5.74) is 3.66. The van der Waals surface area contributed by atoms with Crippen molar-refractivity contribution in [2.75, 3.05) is 50.5 Å². The number of rotatable bonds is 5. The van der Waals surface area contributed by atoms with Crippen LogP contribution < -0.4 is 10.2 Å². The van der Waals surface area contributed by atoms with E-state index in [-0.39, 0.29) is 12.0 Å². The molecule has 0 unspecified atom stereocenters. The molecule has 3 aromatic rings. The van der Waals surface area contributed by atoms with E-state index in [0.717, 1.165) is 48.0 Å². The molecule has 2 amide bonds. The lowest BCUT2D eigenvalue weighted by Gasteiger charge is -2.36. The summed E-state index contributed by atoms with van der Waals surface area (Å²) in [7, 11) is 3.53. The second kappa shape index (κ2) is 10.7. The van der Waals surface area contributed by atoms with E-state index in [1.54, 1.807) is 30.1 Å². The van der Waals surface area contributed by atoms with Gasteiger partial charge in [0.25, 0.3) is 5.91 Å². The number of aromatic amines is 1. The SMILES string of the molecule is CN(C)C(=O)c1[nH]c2cnc(Nc3ccc(N4CCN(C(=O)OC(C)(C)C)CC4)cn3)nc2c1C1CCCC1. The Morgan fingerprint density at radius 2 is 1.77 bits per heavy atom. The van der Waals surface area contributed by atoms with Gasteiger partial charge in [0, 0.05) is 45.8 Å². The lowest BCUT2D eigenvalue weighted by molar-refractivity contribution is 0.0240. The predicted octanol–water partition coefficient (Wildman–Crippen LogP) is 4.51. The van der Waals surface area contributed by atoms with Gasteiger partial charge in [0.2, 0.25) is 5.95 Å². The molecule has 2 fully saturated rings. The van der Waals surface area contributed by atoms with E-state index >= 15 is 0 Å². The van der Waals surface area contributed by atoms with E-state index in [9.17, 15) is 9.59 Å². The van der Waals surface area contributed by atoms with Crippen molar-refractivity contribution in [3.05, 3.63) is 35.8 Å². The van der Waals surface area contributed by atoms with Crippen molar-refractivity contribution in [2.24, 2.45) is 0 Å². The third-order valence-electron chi connectivity index (χ3n) is 7.24. The number of amides is 2. The van der Waals surface area contributed by atoms with Crippen LogP contribution in [-0.2, 0) is 4.74 Å². The number of anilines is 3. The van der Waals surface area contributed by atoms with Crippen molar-refractivity contribution in [1.29, 1.82) is 0 Å². The molecule has 3 aromatic heterocycles. The highest BCUT2D eigenvalue weighted by molar-refractivity contribution is 6.00. The Balaban J connectivity index is 1.28. The number of nitrogens with one attached hydrogen (secondary N) is 2. The highest BCUT2D eigenvalue weighted by Crippen LogP contribution is 2.39. The third kappa shape index (κ3) is 5.91. The van der Waals surface area contributed by atoms with E-state index in [0.29, 0.717) is 49.6 Å². The number of piperazine rings is 1. The number of H-pyrrole nitrogens is 1. The van der Waals surface area contributed by atoms with Gasteiger partial charge in [0.15, 0.2) is 0 Å². The van der Waals surface area contributed by atoms with E-state index in [4.69, 9.17) is 9.72 Å². The van der Waals surface area contributed by atoms with Crippen molar-refractivity contribution in [2.45, 2.75) is 58.0 Å². The maximum Gasteiger partial charge on any atom is 0.410 e. The molecule has 4 heterocycles. The number of pyridine rings is 1. The number of nitrogens with zero attached hydrogens (tertiary/aromatic N) is 6. The van der Waals surface area contributed by atoms with Crippen LogP contribution in [-0.4, -0.2) is 87.6 Å². The first-order valence-electron chi connectivity index (χ1n) is 13.7. The molecule has 0 radical (unpaired) electrons. The Kier molecular flexibility index (Phi) is 7.33. The summed E-state index contributed by atoms with van der Waals surface area (Å²) in [5, 5.41) is 3.22. The van der Waals surface area contributed by atoms with Crippen LogP contribution in [0.25, 0.3) is 11.0 Å². The molecule has 1 aliphatic heterocycles. The fourth-order valence-electron chi connectivity index (χ4n) is 5.30. The van der Waals surface area contributed by atoms with Crippen LogP contribution in [0.4, 0.5) is 22.2 Å². The smallest absolute Gasteiger partial charge is 0.410 e. The van der Waals surface area contributed by atoms with Crippen LogP contribution in [0.5, 0.6) is 0 Å². The van der Waals surface area contributed by atoms with Gasteiger partial charge in [0.05, 0.1) is 29.1 Å².